The van der Waals surface area contributed by atoms with E-state index in [1.54, 1.807) is 6.20 Å². The molecule has 0 bridgehead atoms. The smallest absolute Gasteiger partial charge is 0.410 e. The number of nitrogens with zero attached hydrogens (tertiary/aromatic N) is 3. The molecule has 6 heteroatoms. The maximum atomic E-state index is 12.6. The molecule has 2 aliphatic heterocycles. The fourth-order valence-corrected chi connectivity index (χ4v) is 3.71. The zero-order valence-electron chi connectivity index (χ0n) is 15.3. The van der Waals surface area contributed by atoms with Gasteiger partial charge in [0.25, 0.3) is 5.91 Å². The Labute approximate surface area is 149 Å². The second-order valence-corrected chi connectivity index (χ2v) is 7.30. The van der Waals surface area contributed by atoms with Gasteiger partial charge in [0.15, 0.2) is 0 Å². The molecule has 3 rings (SSSR count). The van der Waals surface area contributed by atoms with Crippen LogP contribution in [0.1, 0.15) is 55.6 Å². The first-order chi connectivity index (χ1) is 11.9. The normalized spacial score (nSPS) is 20.7. The first kappa shape index (κ1) is 17.7. The number of aryl methyl sites for hydroxylation is 1. The summed E-state index contributed by atoms with van der Waals surface area (Å²) in [6, 6.07) is 3.87. The highest BCUT2D eigenvalue weighted by Crippen LogP contribution is 2.35. The van der Waals surface area contributed by atoms with Crippen molar-refractivity contribution < 1.29 is 14.3 Å². The van der Waals surface area contributed by atoms with Gasteiger partial charge in [-0.25, -0.2) is 4.79 Å². The predicted octanol–water partition coefficient (Wildman–Crippen LogP) is 3.01. The number of carbonyl (C=O) groups excluding carboxylic acids is 2. The molecule has 0 saturated carbocycles. The van der Waals surface area contributed by atoms with Crippen LogP contribution in [0.3, 0.4) is 0 Å². The SMILES string of the molecule is CCC[C@@H](C)N1CC2(CCN(C(=O)c3ccc(C)nc3)CC2)OC1=O. The molecule has 0 N–H and O–H groups in total. The minimum atomic E-state index is -0.429. The number of pyridine rings is 1. The summed E-state index contributed by atoms with van der Waals surface area (Å²) in [5.41, 5.74) is 1.08. The van der Waals surface area contributed by atoms with Crippen molar-refractivity contribution in [2.24, 2.45) is 0 Å². The van der Waals surface area contributed by atoms with Gasteiger partial charge in [0.1, 0.15) is 5.60 Å². The van der Waals surface area contributed by atoms with E-state index in [0.717, 1.165) is 18.5 Å². The third kappa shape index (κ3) is 3.62. The Morgan fingerprint density at radius 3 is 2.68 bits per heavy atom. The average molecular weight is 345 g/mol. The number of piperidine rings is 1. The lowest BCUT2D eigenvalue weighted by Gasteiger charge is -2.37. The Bertz CT molecular complexity index is 636. The Morgan fingerprint density at radius 2 is 2.08 bits per heavy atom. The van der Waals surface area contributed by atoms with Crippen LogP contribution in [0.5, 0.6) is 0 Å². The van der Waals surface area contributed by atoms with Crippen molar-refractivity contribution in [3.05, 3.63) is 29.6 Å². The third-order valence-corrected chi connectivity index (χ3v) is 5.36. The van der Waals surface area contributed by atoms with Gasteiger partial charge in [0.05, 0.1) is 12.1 Å². The summed E-state index contributed by atoms with van der Waals surface area (Å²) >= 11 is 0. The van der Waals surface area contributed by atoms with E-state index in [2.05, 4.69) is 18.8 Å². The van der Waals surface area contributed by atoms with Crippen LogP contribution in [0.2, 0.25) is 0 Å². The first-order valence-electron chi connectivity index (χ1n) is 9.16. The summed E-state index contributed by atoms with van der Waals surface area (Å²) in [6.07, 6.45) is 4.84. The Morgan fingerprint density at radius 1 is 1.36 bits per heavy atom. The van der Waals surface area contributed by atoms with E-state index in [9.17, 15) is 9.59 Å². The highest BCUT2D eigenvalue weighted by Gasteiger charge is 2.48. The van der Waals surface area contributed by atoms with Gasteiger partial charge < -0.3 is 14.5 Å². The standard InChI is InChI=1S/C19H27N3O3/c1-4-5-15(3)22-13-19(25-18(22)24)8-10-21(11-9-19)17(23)16-7-6-14(2)20-12-16/h6-7,12,15H,4-5,8-11,13H2,1-3H3/t15-/m1/s1. The van der Waals surface area contributed by atoms with Gasteiger partial charge in [-0.3, -0.25) is 9.78 Å². The number of likely N-dealkylation sites (tertiary alicyclic amines) is 1. The van der Waals surface area contributed by atoms with Gasteiger partial charge in [-0.05, 0) is 32.4 Å². The van der Waals surface area contributed by atoms with Gasteiger partial charge in [-0.2, -0.15) is 0 Å². The molecule has 1 atom stereocenters. The topological polar surface area (TPSA) is 62.7 Å². The molecule has 2 aliphatic rings. The number of hydrogen-bond donors (Lipinski definition) is 0. The molecule has 1 spiro atoms. The zero-order valence-corrected chi connectivity index (χ0v) is 15.3. The molecule has 0 aliphatic carbocycles. The second kappa shape index (κ2) is 7.02. The lowest BCUT2D eigenvalue weighted by atomic mass is 9.90. The molecule has 2 amide bonds. The fraction of sp³-hybridized carbons (Fsp3) is 0.632. The van der Waals surface area contributed by atoms with E-state index in [-0.39, 0.29) is 18.0 Å². The van der Waals surface area contributed by atoms with Crippen LogP contribution in [0.4, 0.5) is 4.79 Å². The van der Waals surface area contributed by atoms with Gasteiger partial charge in [-0.15, -0.1) is 0 Å². The van der Waals surface area contributed by atoms with E-state index < -0.39 is 5.60 Å². The van der Waals surface area contributed by atoms with Crippen LogP contribution in [0.15, 0.2) is 18.3 Å². The van der Waals surface area contributed by atoms with E-state index in [4.69, 9.17) is 4.74 Å². The second-order valence-electron chi connectivity index (χ2n) is 7.30. The van der Waals surface area contributed by atoms with Gasteiger partial charge >= 0.3 is 6.09 Å². The highest BCUT2D eigenvalue weighted by molar-refractivity contribution is 5.94. The molecule has 0 unspecified atom stereocenters. The Balaban J connectivity index is 1.61. The molecule has 1 aromatic heterocycles. The molecule has 6 nitrogen and oxygen atoms in total. The molecule has 3 heterocycles. The van der Waals surface area contributed by atoms with Crippen LogP contribution >= 0.6 is 0 Å². The molecule has 25 heavy (non-hydrogen) atoms. The first-order valence-corrected chi connectivity index (χ1v) is 9.16. The van der Waals surface area contributed by atoms with Gasteiger partial charge in [-0.1, -0.05) is 13.3 Å². The molecule has 2 saturated heterocycles. The van der Waals surface area contributed by atoms with Crippen molar-refractivity contribution in [3.8, 4) is 0 Å². The molecule has 1 aromatic rings. The fourth-order valence-electron chi connectivity index (χ4n) is 3.71. The van der Waals surface area contributed by atoms with Crippen LogP contribution in [0.25, 0.3) is 0 Å². The summed E-state index contributed by atoms with van der Waals surface area (Å²) in [5, 5.41) is 0. The van der Waals surface area contributed by atoms with Gasteiger partial charge in [0, 0.05) is 43.9 Å². The summed E-state index contributed by atoms with van der Waals surface area (Å²) < 4.78 is 5.76. The zero-order chi connectivity index (χ0) is 18.0. The monoisotopic (exact) mass is 345 g/mol. The van der Waals surface area contributed by atoms with Crippen LogP contribution < -0.4 is 0 Å². The van der Waals surface area contributed by atoms with Gasteiger partial charge in [0.2, 0.25) is 0 Å². The molecule has 136 valence electrons. The lowest BCUT2D eigenvalue weighted by Crippen LogP contribution is -2.49. The van der Waals surface area contributed by atoms with Crippen molar-refractivity contribution in [2.45, 2.75) is 58.1 Å². The number of carbonyl (C=O) groups is 2. The maximum Gasteiger partial charge on any atom is 0.410 e. The number of hydrogen-bond acceptors (Lipinski definition) is 4. The van der Waals surface area contributed by atoms with Crippen molar-refractivity contribution in [3.63, 3.8) is 0 Å². The quantitative estimate of drug-likeness (QED) is 0.841. The predicted molar refractivity (Wildman–Crippen MR) is 94.4 cm³/mol. The largest absolute Gasteiger partial charge is 0.441 e. The minimum absolute atomic E-state index is 0.00267. The number of amides is 2. The molecule has 2 fully saturated rings. The summed E-state index contributed by atoms with van der Waals surface area (Å²) in [7, 11) is 0. The van der Waals surface area contributed by atoms with Crippen LogP contribution in [0, 0.1) is 6.92 Å². The number of rotatable bonds is 4. The number of ether oxygens (including phenoxy) is 1. The van der Waals surface area contributed by atoms with E-state index in [0.29, 0.717) is 38.0 Å². The molecule has 0 aromatic carbocycles. The van der Waals surface area contributed by atoms with Crippen molar-refractivity contribution in [1.29, 1.82) is 0 Å². The molecular formula is C19H27N3O3. The van der Waals surface area contributed by atoms with Crippen molar-refractivity contribution in [2.75, 3.05) is 19.6 Å². The summed E-state index contributed by atoms with van der Waals surface area (Å²) in [4.78, 5) is 32.7. The summed E-state index contributed by atoms with van der Waals surface area (Å²) in [6.45, 7) is 7.95. The van der Waals surface area contributed by atoms with E-state index >= 15 is 0 Å². The maximum absolute atomic E-state index is 12.6. The van der Waals surface area contributed by atoms with E-state index in [1.807, 2.05) is 28.9 Å². The molecule has 0 radical (unpaired) electrons. The summed E-state index contributed by atoms with van der Waals surface area (Å²) in [5.74, 6) is 0.00267. The van der Waals surface area contributed by atoms with Crippen molar-refractivity contribution >= 4 is 12.0 Å². The van der Waals surface area contributed by atoms with Crippen LogP contribution in [-0.4, -0.2) is 58.1 Å². The Kier molecular flexibility index (Phi) is 4.97. The minimum Gasteiger partial charge on any atom is -0.441 e. The Hall–Kier alpha value is -2.11. The third-order valence-electron chi connectivity index (χ3n) is 5.36. The highest BCUT2D eigenvalue weighted by atomic mass is 16.6. The van der Waals surface area contributed by atoms with E-state index in [1.165, 1.54) is 0 Å². The molecular weight excluding hydrogens is 318 g/mol. The lowest BCUT2D eigenvalue weighted by molar-refractivity contribution is 0.00306. The van der Waals surface area contributed by atoms with Crippen molar-refractivity contribution in [1.82, 2.24) is 14.8 Å². The average Bonchev–Trinajstić information content (AvgIpc) is 2.92. The van der Waals surface area contributed by atoms with Crippen LogP contribution in [-0.2, 0) is 4.74 Å². The number of aromatic nitrogens is 1.